The van der Waals surface area contributed by atoms with E-state index in [1.54, 1.807) is 13.8 Å². The zero-order valence-corrected chi connectivity index (χ0v) is 15.8. The lowest BCUT2D eigenvalue weighted by atomic mass is 9.86. The number of sulfonamides is 1. The molecule has 7 nitrogen and oxygen atoms in total. The third-order valence-electron chi connectivity index (χ3n) is 5.35. The Bertz CT molecular complexity index is 695. The molecule has 2 heterocycles. The van der Waals surface area contributed by atoms with E-state index >= 15 is 0 Å². The van der Waals surface area contributed by atoms with Gasteiger partial charge in [0, 0.05) is 32.6 Å². The predicted molar refractivity (Wildman–Crippen MR) is 92.5 cm³/mol. The number of nitrogens with zero attached hydrogens (tertiary/aromatic N) is 3. The van der Waals surface area contributed by atoms with E-state index in [2.05, 4.69) is 5.16 Å². The molecule has 1 aromatic heterocycles. The lowest BCUT2D eigenvalue weighted by molar-refractivity contribution is -0.133. The van der Waals surface area contributed by atoms with Gasteiger partial charge < -0.3 is 9.42 Å². The summed E-state index contributed by atoms with van der Waals surface area (Å²) in [6.07, 6.45) is 6.63. The third-order valence-corrected chi connectivity index (χ3v) is 7.49. The fourth-order valence-corrected chi connectivity index (χ4v) is 5.63. The Hall–Kier alpha value is -1.41. The molecule has 0 atom stereocenters. The maximum absolute atomic E-state index is 12.8. The molecule has 8 heteroatoms. The van der Waals surface area contributed by atoms with Gasteiger partial charge >= 0.3 is 0 Å². The van der Waals surface area contributed by atoms with Crippen molar-refractivity contribution in [2.75, 3.05) is 26.2 Å². The van der Waals surface area contributed by atoms with Crippen molar-refractivity contribution < 1.29 is 17.7 Å². The molecule has 0 aromatic carbocycles. The molecule has 1 aromatic rings. The van der Waals surface area contributed by atoms with E-state index in [0.29, 0.717) is 50.0 Å². The Morgan fingerprint density at radius 3 is 2.32 bits per heavy atom. The van der Waals surface area contributed by atoms with Gasteiger partial charge in [0.2, 0.25) is 15.9 Å². The summed E-state index contributed by atoms with van der Waals surface area (Å²) in [6, 6.07) is 0. The smallest absolute Gasteiger partial charge is 0.248 e. The van der Waals surface area contributed by atoms with Crippen molar-refractivity contribution >= 4 is 15.9 Å². The molecule has 140 valence electrons. The van der Waals surface area contributed by atoms with Gasteiger partial charge in [-0.25, -0.2) is 8.42 Å². The van der Waals surface area contributed by atoms with E-state index in [0.717, 1.165) is 12.8 Å². The fourth-order valence-electron chi connectivity index (χ4n) is 3.92. The average molecular weight is 369 g/mol. The first kappa shape index (κ1) is 18.4. The fraction of sp³-hybridized carbons (Fsp3) is 0.765. The molecule has 2 fully saturated rings. The van der Waals surface area contributed by atoms with Gasteiger partial charge in [-0.05, 0) is 32.6 Å². The lowest BCUT2D eigenvalue weighted by Gasteiger charge is -2.35. The third kappa shape index (κ3) is 3.89. The number of piperazine rings is 1. The Kier molecular flexibility index (Phi) is 5.48. The van der Waals surface area contributed by atoms with Gasteiger partial charge in [-0.15, -0.1) is 0 Å². The molecule has 0 spiro atoms. The van der Waals surface area contributed by atoms with Gasteiger partial charge in [0.25, 0.3) is 0 Å². The number of rotatable bonds is 4. The second kappa shape index (κ2) is 7.45. The van der Waals surface area contributed by atoms with Crippen molar-refractivity contribution in [1.29, 1.82) is 0 Å². The van der Waals surface area contributed by atoms with Crippen LogP contribution in [0.5, 0.6) is 0 Å². The molecule has 0 unspecified atom stereocenters. The molecule has 0 bridgehead atoms. The summed E-state index contributed by atoms with van der Waals surface area (Å²) >= 11 is 0. The van der Waals surface area contributed by atoms with Crippen LogP contribution >= 0.6 is 0 Å². The maximum Gasteiger partial charge on any atom is 0.248 e. The van der Waals surface area contributed by atoms with Crippen LogP contribution in [0.4, 0.5) is 0 Å². The molecule has 3 rings (SSSR count). The molecular formula is C17H27N3O4S. The SMILES string of the molecule is Cc1noc(C)c1S(=O)(=O)N1CCN(C(=O)CC2CCCCC2)CC1. The van der Waals surface area contributed by atoms with Crippen molar-refractivity contribution in [2.45, 2.75) is 57.3 Å². The first-order valence-corrected chi connectivity index (χ1v) is 10.5. The van der Waals surface area contributed by atoms with Gasteiger partial charge in [0.15, 0.2) is 5.76 Å². The van der Waals surface area contributed by atoms with E-state index < -0.39 is 10.0 Å². The Morgan fingerprint density at radius 1 is 1.12 bits per heavy atom. The van der Waals surface area contributed by atoms with Gasteiger partial charge in [0.1, 0.15) is 10.6 Å². The largest absolute Gasteiger partial charge is 0.360 e. The van der Waals surface area contributed by atoms with E-state index in [-0.39, 0.29) is 10.8 Å². The molecule has 25 heavy (non-hydrogen) atoms. The molecular weight excluding hydrogens is 342 g/mol. The number of aromatic nitrogens is 1. The highest BCUT2D eigenvalue weighted by atomic mass is 32.2. The number of carbonyl (C=O) groups excluding carboxylic acids is 1. The van der Waals surface area contributed by atoms with Gasteiger partial charge in [0.05, 0.1) is 0 Å². The quantitative estimate of drug-likeness (QED) is 0.811. The number of aryl methyl sites for hydroxylation is 2. The van der Waals surface area contributed by atoms with E-state index in [9.17, 15) is 13.2 Å². The van der Waals surface area contributed by atoms with Crippen LogP contribution in [0.2, 0.25) is 0 Å². The summed E-state index contributed by atoms with van der Waals surface area (Å²) in [5, 5.41) is 3.74. The van der Waals surface area contributed by atoms with Crippen LogP contribution < -0.4 is 0 Å². The first-order chi connectivity index (χ1) is 11.9. The topological polar surface area (TPSA) is 83.7 Å². The van der Waals surface area contributed by atoms with Gasteiger partial charge in [-0.3, -0.25) is 4.79 Å². The molecule has 2 aliphatic rings. The van der Waals surface area contributed by atoms with E-state index in [1.165, 1.54) is 23.6 Å². The summed E-state index contributed by atoms with van der Waals surface area (Å²) in [5.41, 5.74) is 0.383. The van der Waals surface area contributed by atoms with Crippen molar-refractivity contribution in [3.05, 3.63) is 11.5 Å². The Balaban J connectivity index is 1.59. The van der Waals surface area contributed by atoms with E-state index in [1.807, 2.05) is 4.90 Å². The molecule has 1 aliphatic heterocycles. The Labute approximate surface area is 149 Å². The Morgan fingerprint density at radius 2 is 1.76 bits per heavy atom. The average Bonchev–Trinajstić information content (AvgIpc) is 2.95. The first-order valence-electron chi connectivity index (χ1n) is 9.10. The summed E-state index contributed by atoms with van der Waals surface area (Å²) < 4.78 is 32.0. The normalized spacial score (nSPS) is 20.8. The highest BCUT2D eigenvalue weighted by molar-refractivity contribution is 7.89. The van der Waals surface area contributed by atoms with Crippen molar-refractivity contribution in [3.8, 4) is 0 Å². The minimum absolute atomic E-state index is 0.162. The minimum atomic E-state index is -3.62. The zero-order chi connectivity index (χ0) is 18.0. The monoisotopic (exact) mass is 369 g/mol. The number of hydrogen-bond acceptors (Lipinski definition) is 5. The number of hydrogen-bond donors (Lipinski definition) is 0. The highest BCUT2D eigenvalue weighted by Gasteiger charge is 2.34. The van der Waals surface area contributed by atoms with Crippen LogP contribution in [-0.2, 0) is 14.8 Å². The molecule has 1 saturated carbocycles. The lowest BCUT2D eigenvalue weighted by Crippen LogP contribution is -2.50. The second-order valence-corrected chi connectivity index (χ2v) is 9.02. The molecule has 1 amide bonds. The summed E-state index contributed by atoms with van der Waals surface area (Å²) in [5.74, 6) is 0.986. The summed E-state index contributed by atoms with van der Waals surface area (Å²) in [6.45, 7) is 4.79. The van der Waals surface area contributed by atoms with Crippen molar-refractivity contribution in [1.82, 2.24) is 14.4 Å². The van der Waals surface area contributed by atoms with Crippen LogP contribution in [0, 0.1) is 19.8 Å². The summed E-state index contributed by atoms with van der Waals surface area (Å²) in [4.78, 5) is 14.5. The van der Waals surface area contributed by atoms with Crippen LogP contribution in [-0.4, -0.2) is 54.9 Å². The maximum atomic E-state index is 12.8. The molecule has 0 N–H and O–H groups in total. The number of amides is 1. The zero-order valence-electron chi connectivity index (χ0n) is 15.0. The van der Waals surface area contributed by atoms with Crippen LogP contribution in [0.1, 0.15) is 50.0 Å². The molecule has 1 aliphatic carbocycles. The van der Waals surface area contributed by atoms with Gasteiger partial charge in [-0.2, -0.15) is 4.31 Å². The highest BCUT2D eigenvalue weighted by Crippen LogP contribution is 2.28. The van der Waals surface area contributed by atoms with Crippen LogP contribution in [0.25, 0.3) is 0 Å². The van der Waals surface area contributed by atoms with E-state index in [4.69, 9.17) is 4.52 Å². The van der Waals surface area contributed by atoms with Crippen LogP contribution in [0.15, 0.2) is 9.42 Å². The van der Waals surface area contributed by atoms with Gasteiger partial charge in [-0.1, -0.05) is 24.4 Å². The molecule has 0 radical (unpaired) electrons. The second-order valence-electron chi connectivity index (χ2n) is 7.15. The van der Waals surface area contributed by atoms with Crippen molar-refractivity contribution in [2.24, 2.45) is 5.92 Å². The van der Waals surface area contributed by atoms with Crippen LogP contribution in [0.3, 0.4) is 0 Å². The minimum Gasteiger partial charge on any atom is -0.360 e. The van der Waals surface area contributed by atoms with Crippen molar-refractivity contribution in [3.63, 3.8) is 0 Å². The molecule has 1 saturated heterocycles. The number of carbonyl (C=O) groups is 1. The predicted octanol–water partition coefficient (Wildman–Crippen LogP) is 2.09. The summed E-state index contributed by atoms with van der Waals surface area (Å²) in [7, 11) is -3.62. The standard InChI is InChI=1S/C17H27N3O4S/c1-13-17(14(2)24-18-13)25(22,23)20-10-8-19(9-11-20)16(21)12-15-6-4-3-5-7-15/h15H,3-12H2,1-2H3.